The van der Waals surface area contributed by atoms with Crippen molar-refractivity contribution in [3.8, 4) is 6.07 Å². The maximum Gasteiger partial charge on any atom is 0.247 e. The largest absolute Gasteiger partial charge is 0.374 e. The molecule has 2 N–H and O–H groups in total. The molecule has 1 aliphatic rings. The molecule has 26 heavy (non-hydrogen) atoms. The number of carbonyl (C=O) groups excluding carboxylic acids is 1. The van der Waals surface area contributed by atoms with Crippen LogP contribution in [0.1, 0.15) is 54.7 Å². The van der Waals surface area contributed by atoms with Crippen LogP contribution in [0.25, 0.3) is 0 Å². The number of nitriles is 1. The third-order valence-corrected chi connectivity index (χ3v) is 6.09. The van der Waals surface area contributed by atoms with E-state index >= 15 is 0 Å². The van der Waals surface area contributed by atoms with Crippen LogP contribution in [-0.4, -0.2) is 11.9 Å². The van der Waals surface area contributed by atoms with Gasteiger partial charge in [0.1, 0.15) is 17.1 Å². The Labute approximate surface area is 159 Å². The van der Waals surface area contributed by atoms with E-state index < -0.39 is 0 Å². The zero-order valence-electron chi connectivity index (χ0n) is 15.4. The summed E-state index contributed by atoms with van der Waals surface area (Å²) in [4.78, 5) is 13.9. The predicted molar refractivity (Wildman–Crippen MR) is 108 cm³/mol. The second-order valence-corrected chi connectivity index (χ2v) is 7.89. The van der Waals surface area contributed by atoms with E-state index in [0.29, 0.717) is 10.6 Å². The highest BCUT2D eigenvalue weighted by Crippen LogP contribution is 2.37. The second-order valence-electron chi connectivity index (χ2n) is 6.79. The molecule has 4 nitrogen and oxygen atoms in total. The van der Waals surface area contributed by atoms with Crippen LogP contribution in [0, 0.1) is 11.3 Å². The minimum Gasteiger partial charge on any atom is -0.374 e. The van der Waals surface area contributed by atoms with Crippen LogP contribution in [0.4, 0.5) is 10.7 Å². The van der Waals surface area contributed by atoms with Gasteiger partial charge in [-0.15, -0.1) is 11.3 Å². The Balaban J connectivity index is 1.72. The van der Waals surface area contributed by atoms with Crippen molar-refractivity contribution in [1.82, 2.24) is 0 Å². The molecule has 0 fully saturated rings. The van der Waals surface area contributed by atoms with Crippen LogP contribution < -0.4 is 10.6 Å². The van der Waals surface area contributed by atoms with Gasteiger partial charge in [0.05, 0.1) is 5.56 Å². The number of anilines is 2. The van der Waals surface area contributed by atoms with Gasteiger partial charge in [-0.05, 0) is 62.3 Å². The van der Waals surface area contributed by atoms with Crippen molar-refractivity contribution in [2.45, 2.75) is 58.4 Å². The summed E-state index contributed by atoms with van der Waals surface area (Å²) < 4.78 is 0. The monoisotopic (exact) mass is 367 g/mol. The van der Waals surface area contributed by atoms with Gasteiger partial charge in [-0.25, -0.2) is 0 Å². The Morgan fingerprint density at radius 2 is 2.12 bits per heavy atom. The first-order valence-corrected chi connectivity index (χ1v) is 10.1. The summed E-state index contributed by atoms with van der Waals surface area (Å²) in [5, 5.41) is 16.5. The van der Waals surface area contributed by atoms with Crippen molar-refractivity contribution in [3.05, 3.63) is 45.8 Å². The smallest absolute Gasteiger partial charge is 0.247 e. The van der Waals surface area contributed by atoms with Crippen LogP contribution in [0.15, 0.2) is 24.3 Å². The van der Waals surface area contributed by atoms with E-state index in [1.165, 1.54) is 16.9 Å². The van der Waals surface area contributed by atoms with E-state index in [1.807, 2.05) is 19.1 Å². The molecule has 3 rings (SSSR count). The molecule has 2 aromatic rings. The fraction of sp³-hybridized carbons (Fsp3) is 0.429. The van der Waals surface area contributed by atoms with E-state index in [2.05, 4.69) is 35.8 Å². The van der Waals surface area contributed by atoms with Gasteiger partial charge in [-0.2, -0.15) is 5.26 Å². The number of nitrogens with one attached hydrogen (secondary N) is 2. The van der Waals surface area contributed by atoms with E-state index in [4.69, 9.17) is 0 Å². The fourth-order valence-corrected chi connectivity index (χ4v) is 4.61. The third kappa shape index (κ3) is 4.08. The standard InChI is InChI=1S/C21H25N3OS/c1-3-15-8-7-9-16(12-15)23-14(2)20(25)24-21-18(13-22)17-10-5-4-6-11-19(17)26-21/h7-9,12,14,23H,3-6,10-11H2,1-2H3,(H,24,25). The van der Waals surface area contributed by atoms with Gasteiger partial charge in [0.25, 0.3) is 0 Å². The van der Waals surface area contributed by atoms with E-state index in [9.17, 15) is 10.1 Å². The summed E-state index contributed by atoms with van der Waals surface area (Å²) >= 11 is 1.58. The quantitative estimate of drug-likeness (QED) is 0.740. The molecular weight excluding hydrogens is 342 g/mol. The van der Waals surface area contributed by atoms with Crippen molar-refractivity contribution >= 4 is 27.9 Å². The first-order valence-electron chi connectivity index (χ1n) is 9.33. The molecule has 1 aromatic carbocycles. The molecular formula is C21H25N3OS. The average molecular weight is 368 g/mol. The van der Waals surface area contributed by atoms with Crippen molar-refractivity contribution < 1.29 is 4.79 Å². The van der Waals surface area contributed by atoms with E-state index in [-0.39, 0.29) is 11.9 Å². The number of amides is 1. The molecule has 1 unspecified atom stereocenters. The summed E-state index contributed by atoms with van der Waals surface area (Å²) in [6.07, 6.45) is 6.42. The van der Waals surface area contributed by atoms with Gasteiger partial charge in [-0.3, -0.25) is 4.79 Å². The molecule has 136 valence electrons. The molecule has 1 atom stereocenters. The van der Waals surface area contributed by atoms with Gasteiger partial charge in [0, 0.05) is 10.6 Å². The topological polar surface area (TPSA) is 64.9 Å². The first-order chi connectivity index (χ1) is 12.6. The van der Waals surface area contributed by atoms with Crippen molar-refractivity contribution in [2.75, 3.05) is 10.6 Å². The summed E-state index contributed by atoms with van der Waals surface area (Å²) in [6.45, 7) is 3.96. The molecule has 1 aromatic heterocycles. The molecule has 5 heteroatoms. The molecule has 1 amide bonds. The SMILES string of the molecule is CCc1cccc(NC(C)C(=O)Nc2sc3c(c2C#N)CCCCC3)c1. The molecule has 0 radical (unpaired) electrons. The molecule has 0 spiro atoms. The highest BCUT2D eigenvalue weighted by atomic mass is 32.1. The summed E-state index contributed by atoms with van der Waals surface area (Å²) in [5.41, 5.74) is 3.99. The number of thiophene rings is 1. The van der Waals surface area contributed by atoms with Crippen LogP contribution >= 0.6 is 11.3 Å². The Hall–Kier alpha value is -2.32. The van der Waals surface area contributed by atoms with Gasteiger partial charge >= 0.3 is 0 Å². The number of carbonyl (C=O) groups is 1. The maximum absolute atomic E-state index is 12.6. The number of fused-ring (bicyclic) bond motifs is 1. The summed E-state index contributed by atoms with van der Waals surface area (Å²) in [5.74, 6) is -0.111. The van der Waals surface area contributed by atoms with Crippen LogP contribution in [-0.2, 0) is 24.1 Å². The lowest BCUT2D eigenvalue weighted by atomic mass is 10.1. The Morgan fingerprint density at radius 1 is 1.31 bits per heavy atom. The number of nitrogens with zero attached hydrogens (tertiary/aromatic N) is 1. The molecule has 0 saturated carbocycles. The Morgan fingerprint density at radius 3 is 2.88 bits per heavy atom. The average Bonchev–Trinajstić information content (AvgIpc) is 2.81. The van der Waals surface area contributed by atoms with Crippen LogP contribution in [0.3, 0.4) is 0 Å². The number of hydrogen-bond donors (Lipinski definition) is 2. The molecule has 0 aliphatic heterocycles. The number of rotatable bonds is 5. The summed E-state index contributed by atoms with van der Waals surface area (Å²) in [6, 6.07) is 10.0. The second kappa shape index (κ2) is 8.37. The normalized spacial score (nSPS) is 14.7. The Kier molecular flexibility index (Phi) is 5.95. The fourth-order valence-electron chi connectivity index (χ4n) is 3.37. The van der Waals surface area contributed by atoms with Crippen molar-refractivity contribution in [1.29, 1.82) is 5.26 Å². The number of aryl methyl sites for hydroxylation is 2. The predicted octanol–water partition coefficient (Wildman–Crippen LogP) is 4.89. The third-order valence-electron chi connectivity index (χ3n) is 4.88. The lowest BCUT2D eigenvalue weighted by Crippen LogP contribution is -2.31. The molecule has 1 aliphatic carbocycles. The minimum absolute atomic E-state index is 0.111. The molecule has 0 saturated heterocycles. The molecule has 0 bridgehead atoms. The van der Waals surface area contributed by atoms with E-state index in [1.54, 1.807) is 11.3 Å². The highest BCUT2D eigenvalue weighted by Gasteiger charge is 2.22. The van der Waals surface area contributed by atoms with Crippen molar-refractivity contribution in [3.63, 3.8) is 0 Å². The number of benzene rings is 1. The lowest BCUT2D eigenvalue weighted by molar-refractivity contribution is -0.116. The van der Waals surface area contributed by atoms with Crippen LogP contribution in [0.2, 0.25) is 0 Å². The van der Waals surface area contributed by atoms with E-state index in [0.717, 1.165) is 43.4 Å². The zero-order valence-corrected chi connectivity index (χ0v) is 16.2. The van der Waals surface area contributed by atoms with Crippen LogP contribution in [0.5, 0.6) is 0 Å². The summed E-state index contributed by atoms with van der Waals surface area (Å²) in [7, 11) is 0. The van der Waals surface area contributed by atoms with Crippen molar-refractivity contribution in [2.24, 2.45) is 0 Å². The minimum atomic E-state index is -0.379. The lowest BCUT2D eigenvalue weighted by Gasteiger charge is -2.15. The molecule has 1 heterocycles. The van der Waals surface area contributed by atoms with Gasteiger partial charge < -0.3 is 10.6 Å². The first kappa shape index (κ1) is 18.5. The van der Waals surface area contributed by atoms with Gasteiger partial charge in [0.2, 0.25) is 5.91 Å². The Bertz CT molecular complexity index is 834. The number of hydrogen-bond acceptors (Lipinski definition) is 4. The maximum atomic E-state index is 12.6. The zero-order chi connectivity index (χ0) is 18.5. The van der Waals surface area contributed by atoms with Gasteiger partial charge in [0.15, 0.2) is 0 Å². The highest BCUT2D eigenvalue weighted by molar-refractivity contribution is 7.16. The van der Waals surface area contributed by atoms with Gasteiger partial charge in [-0.1, -0.05) is 25.5 Å².